The summed E-state index contributed by atoms with van der Waals surface area (Å²) in [5.41, 5.74) is 0. The summed E-state index contributed by atoms with van der Waals surface area (Å²) in [6.45, 7) is 4.07. The Morgan fingerprint density at radius 1 is 1.25 bits per heavy atom. The Bertz CT molecular complexity index is 554. The van der Waals surface area contributed by atoms with Gasteiger partial charge in [-0.2, -0.15) is 0 Å². The molecule has 0 N–H and O–H groups in total. The van der Waals surface area contributed by atoms with Gasteiger partial charge in [0.2, 0.25) is 0 Å². The summed E-state index contributed by atoms with van der Waals surface area (Å²) >= 11 is 0. The first-order valence-corrected chi connectivity index (χ1v) is 8.14. The summed E-state index contributed by atoms with van der Waals surface area (Å²) < 4.78 is 5.03. The number of carbonyl (C=O) groups is 3. The van der Waals surface area contributed by atoms with Crippen LogP contribution in [0.3, 0.4) is 0 Å². The summed E-state index contributed by atoms with van der Waals surface area (Å²) in [7, 11) is 0. The maximum Gasteiger partial charge on any atom is 0.533 e. The zero-order valence-electron chi connectivity index (χ0n) is 14.1. The van der Waals surface area contributed by atoms with Crippen LogP contribution >= 0.6 is 0 Å². The predicted molar refractivity (Wildman–Crippen MR) is 86.9 cm³/mol. The summed E-state index contributed by atoms with van der Waals surface area (Å²) in [5, 5.41) is 0.378. The Morgan fingerprint density at radius 2 is 2.00 bits per heavy atom. The summed E-state index contributed by atoms with van der Waals surface area (Å²) in [4.78, 5) is 38.5. The van der Waals surface area contributed by atoms with Crippen molar-refractivity contribution in [1.82, 2.24) is 5.06 Å². The molecule has 2 unspecified atom stereocenters. The number of amides is 2. The molecule has 0 heterocycles. The van der Waals surface area contributed by atoms with E-state index in [0.29, 0.717) is 23.3 Å². The molecular formula is C18H23NO5. The lowest BCUT2D eigenvalue weighted by Gasteiger charge is -2.13. The van der Waals surface area contributed by atoms with E-state index < -0.39 is 12.1 Å². The van der Waals surface area contributed by atoms with E-state index >= 15 is 0 Å². The fourth-order valence-corrected chi connectivity index (χ4v) is 2.88. The Kier molecular flexibility index (Phi) is 8.43. The first-order valence-electron chi connectivity index (χ1n) is 8.14. The Balaban J connectivity index is 2.36. The van der Waals surface area contributed by atoms with Gasteiger partial charge in [0, 0.05) is 12.8 Å². The zero-order chi connectivity index (χ0) is 17.9. The van der Waals surface area contributed by atoms with Crippen molar-refractivity contribution in [3.05, 3.63) is 0 Å². The summed E-state index contributed by atoms with van der Waals surface area (Å²) in [6, 6.07) is 0. The first-order chi connectivity index (χ1) is 11.6. The van der Waals surface area contributed by atoms with Crippen LogP contribution in [0, 0.1) is 41.9 Å². The highest BCUT2D eigenvalue weighted by molar-refractivity contribution is 5.85. The first kappa shape index (κ1) is 19.6. The molecule has 1 rings (SSSR count). The van der Waals surface area contributed by atoms with Crippen molar-refractivity contribution in [1.29, 1.82) is 0 Å². The smallest absolute Gasteiger partial charge is 0.432 e. The second-order valence-electron chi connectivity index (χ2n) is 5.61. The number of carbonyl (C=O) groups excluding carboxylic acids is 3. The molecule has 3 atom stereocenters. The van der Waals surface area contributed by atoms with E-state index in [1.165, 1.54) is 0 Å². The summed E-state index contributed by atoms with van der Waals surface area (Å²) in [5.74, 6) is 8.35. The van der Waals surface area contributed by atoms with E-state index in [1.54, 1.807) is 6.92 Å². The van der Waals surface area contributed by atoms with E-state index in [2.05, 4.69) is 29.5 Å². The molecule has 0 radical (unpaired) electrons. The molecule has 1 saturated carbocycles. The van der Waals surface area contributed by atoms with E-state index in [1.807, 2.05) is 0 Å². The number of nitrogens with zero attached hydrogens (tertiary/aromatic N) is 1. The van der Waals surface area contributed by atoms with Gasteiger partial charge in [0.25, 0.3) is 12.3 Å². The number of hydroxylamine groups is 2. The Labute approximate surface area is 142 Å². The molecule has 1 aliphatic carbocycles. The quantitative estimate of drug-likeness (QED) is 0.295. The second-order valence-corrected chi connectivity index (χ2v) is 5.61. The molecule has 24 heavy (non-hydrogen) atoms. The van der Waals surface area contributed by atoms with Gasteiger partial charge in [0.1, 0.15) is 0 Å². The molecule has 0 bridgehead atoms. The molecule has 0 aromatic heterocycles. The number of terminal acetylenes is 1. The number of ether oxygens (including phenoxy) is 1. The standard InChI is InChI=1S/C18H23NO5/c1-4-7-8-9-11-15-14(6-3)16(15)12-23-18(22)24-19(13-20)17(21)10-5-2/h1,13-16H,5-6,9-12H2,2-3H3/t14?,15?,16-/m1/s1. The molecule has 0 spiro atoms. The molecule has 0 saturated heterocycles. The third-order valence-corrected chi connectivity index (χ3v) is 4.12. The normalized spacial score (nSPS) is 20.8. The van der Waals surface area contributed by atoms with Crippen LogP contribution in [0.5, 0.6) is 0 Å². The van der Waals surface area contributed by atoms with Crippen LogP contribution in [0.4, 0.5) is 4.79 Å². The zero-order valence-corrected chi connectivity index (χ0v) is 14.1. The number of hydrogen-bond acceptors (Lipinski definition) is 5. The largest absolute Gasteiger partial charge is 0.533 e. The van der Waals surface area contributed by atoms with Gasteiger partial charge in [0.15, 0.2) is 0 Å². The van der Waals surface area contributed by atoms with Gasteiger partial charge in [-0.15, -0.1) is 11.5 Å². The molecular weight excluding hydrogens is 310 g/mol. The van der Waals surface area contributed by atoms with Gasteiger partial charge in [0.05, 0.1) is 6.61 Å². The highest BCUT2D eigenvalue weighted by Crippen LogP contribution is 2.51. The van der Waals surface area contributed by atoms with Crippen molar-refractivity contribution in [3.63, 3.8) is 0 Å². The fourth-order valence-electron chi connectivity index (χ4n) is 2.88. The van der Waals surface area contributed by atoms with Crippen LogP contribution in [-0.4, -0.2) is 30.1 Å². The second kappa shape index (κ2) is 10.3. The van der Waals surface area contributed by atoms with E-state index in [4.69, 9.17) is 11.2 Å². The van der Waals surface area contributed by atoms with Crippen molar-refractivity contribution < 1.29 is 24.0 Å². The third kappa shape index (κ3) is 5.96. The number of imide groups is 1. The highest BCUT2D eigenvalue weighted by Gasteiger charge is 2.48. The van der Waals surface area contributed by atoms with Crippen LogP contribution in [0.2, 0.25) is 0 Å². The lowest BCUT2D eigenvalue weighted by Crippen LogP contribution is -2.32. The number of rotatable bonds is 8. The SMILES string of the molecule is C#CC#CCCC1C(CC)[C@H]1COC(=O)ON(C=O)C(=O)CCC. The Morgan fingerprint density at radius 3 is 2.58 bits per heavy atom. The van der Waals surface area contributed by atoms with Gasteiger partial charge < -0.3 is 4.74 Å². The lowest BCUT2D eigenvalue weighted by atomic mass is 10.1. The molecule has 6 nitrogen and oxygen atoms in total. The predicted octanol–water partition coefficient (Wildman–Crippen LogP) is 2.53. The van der Waals surface area contributed by atoms with E-state index in [9.17, 15) is 14.4 Å². The Hall–Kier alpha value is -2.47. The van der Waals surface area contributed by atoms with Gasteiger partial charge in [-0.05, 0) is 42.4 Å². The minimum atomic E-state index is -1.04. The fraction of sp³-hybridized carbons (Fsp3) is 0.611. The van der Waals surface area contributed by atoms with E-state index in [0.717, 1.165) is 19.3 Å². The van der Waals surface area contributed by atoms with Crippen LogP contribution in [0.1, 0.15) is 46.0 Å². The number of hydrogen-bond donors (Lipinski definition) is 0. The van der Waals surface area contributed by atoms with Crippen molar-refractivity contribution in [3.8, 4) is 24.2 Å². The third-order valence-electron chi connectivity index (χ3n) is 4.12. The van der Waals surface area contributed by atoms with Crippen LogP contribution in [-0.2, 0) is 19.2 Å². The average Bonchev–Trinajstić information content (AvgIpc) is 3.26. The minimum absolute atomic E-state index is 0.118. The van der Waals surface area contributed by atoms with Crippen LogP contribution < -0.4 is 0 Å². The minimum Gasteiger partial charge on any atom is -0.432 e. The van der Waals surface area contributed by atoms with Crippen LogP contribution in [0.25, 0.3) is 0 Å². The molecule has 1 fully saturated rings. The van der Waals surface area contributed by atoms with Crippen molar-refractivity contribution in [2.24, 2.45) is 17.8 Å². The van der Waals surface area contributed by atoms with Crippen molar-refractivity contribution in [2.45, 2.75) is 46.0 Å². The van der Waals surface area contributed by atoms with Crippen LogP contribution in [0.15, 0.2) is 0 Å². The van der Waals surface area contributed by atoms with Gasteiger partial charge in [-0.3, -0.25) is 14.4 Å². The van der Waals surface area contributed by atoms with Crippen molar-refractivity contribution >= 4 is 18.5 Å². The molecule has 130 valence electrons. The topological polar surface area (TPSA) is 72.9 Å². The average molecular weight is 333 g/mol. The molecule has 0 aromatic rings. The molecule has 0 aromatic carbocycles. The lowest BCUT2D eigenvalue weighted by molar-refractivity contribution is -0.176. The summed E-state index contributed by atoms with van der Waals surface area (Å²) in [6.07, 6.45) is 7.47. The van der Waals surface area contributed by atoms with E-state index in [-0.39, 0.29) is 25.4 Å². The van der Waals surface area contributed by atoms with Gasteiger partial charge in [-0.25, -0.2) is 4.79 Å². The van der Waals surface area contributed by atoms with Crippen molar-refractivity contribution in [2.75, 3.05) is 6.61 Å². The monoisotopic (exact) mass is 333 g/mol. The van der Waals surface area contributed by atoms with Gasteiger partial charge >= 0.3 is 6.16 Å². The molecule has 0 aliphatic heterocycles. The van der Waals surface area contributed by atoms with Gasteiger partial charge in [-0.1, -0.05) is 26.2 Å². The maximum absolute atomic E-state index is 11.6. The maximum atomic E-state index is 11.6. The highest BCUT2D eigenvalue weighted by atomic mass is 16.8. The molecule has 2 amide bonds. The molecule has 1 aliphatic rings. The molecule has 6 heteroatoms.